The highest BCUT2D eigenvalue weighted by molar-refractivity contribution is 7.10. The molecule has 4 aromatic rings. The average molecular weight is 412 g/mol. The van der Waals surface area contributed by atoms with E-state index in [0.717, 1.165) is 27.1 Å². The van der Waals surface area contributed by atoms with Crippen LogP contribution in [0.4, 0.5) is 0 Å². The number of halogens is 2. The van der Waals surface area contributed by atoms with Gasteiger partial charge >= 0.3 is 0 Å². The van der Waals surface area contributed by atoms with Crippen molar-refractivity contribution in [3.8, 4) is 22.4 Å². The molecule has 0 saturated heterocycles. The van der Waals surface area contributed by atoms with Crippen molar-refractivity contribution in [2.75, 3.05) is 0 Å². The van der Waals surface area contributed by atoms with E-state index in [9.17, 15) is 5.11 Å². The minimum Gasteiger partial charge on any atom is -0.383 e. The van der Waals surface area contributed by atoms with Gasteiger partial charge in [-0.3, -0.25) is 4.98 Å². The van der Waals surface area contributed by atoms with E-state index in [0.29, 0.717) is 15.7 Å². The molecule has 0 aliphatic heterocycles. The van der Waals surface area contributed by atoms with Crippen molar-refractivity contribution in [1.82, 2.24) is 4.98 Å². The first-order valence-electron chi connectivity index (χ1n) is 8.36. The van der Waals surface area contributed by atoms with Gasteiger partial charge in [-0.1, -0.05) is 53.5 Å². The first-order valence-corrected chi connectivity index (χ1v) is 9.99. The summed E-state index contributed by atoms with van der Waals surface area (Å²) >= 11 is 13.9. The Kier molecular flexibility index (Phi) is 5.28. The molecular formula is C22H15Cl2NOS. The van der Waals surface area contributed by atoms with Gasteiger partial charge < -0.3 is 5.11 Å². The molecule has 2 aromatic carbocycles. The fourth-order valence-electron chi connectivity index (χ4n) is 3.11. The SMILES string of the molecule is OC(c1cccs1)c1c(-c2cccc(Cl)c2)ccnc1-c1cccc(Cl)c1. The number of pyridine rings is 1. The third-order valence-corrected chi connectivity index (χ3v) is 5.70. The maximum Gasteiger partial charge on any atom is 0.116 e. The molecule has 0 saturated carbocycles. The lowest BCUT2D eigenvalue weighted by molar-refractivity contribution is 0.225. The number of aromatic nitrogens is 1. The second-order valence-corrected chi connectivity index (χ2v) is 7.91. The van der Waals surface area contributed by atoms with Gasteiger partial charge in [-0.15, -0.1) is 11.3 Å². The summed E-state index contributed by atoms with van der Waals surface area (Å²) < 4.78 is 0. The Balaban J connectivity index is 1.98. The summed E-state index contributed by atoms with van der Waals surface area (Å²) in [4.78, 5) is 5.44. The highest BCUT2D eigenvalue weighted by atomic mass is 35.5. The van der Waals surface area contributed by atoms with Crippen LogP contribution in [0.2, 0.25) is 10.0 Å². The number of aliphatic hydroxyl groups excluding tert-OH is 1. The van der Waals surface area contributed by atoms with Gasteiger partial charge in [0.25, 0.3) is 0 Å². The smallest absolute Gasteiger partial charge is 0.116 e. The van der Waals surface area contributed by atoms with Crippen molar-refractivity contribution in [2.24, 2.45) is 0 Å². The van der Waals surface area contributed by atoms with Crippen LogP contribution < -0.4 is 0 Å². The molecule has 4 rings (SSSR count). The van der Waals surface area contributed by atoms with E-state index in [4.69, 9.17) is 23.2 Å². The average Bonchev–Trinajstić information content (AvgIpc) is 3.22. The summed E-state index contributed by atoms with van der Waals surface area (Å²) in [7, 11) is 0. The molecule has 0 aliphatic rings. The topological polar surface area (TPSA) is 33.1 Å². The van der Waals surface area contributed by atoms with Crippen LogP contribution in [0.25, 0.3) is 22.4 Å². The number of aliphatic hydroxyl groups is 1. The van der Waals surface area contributed by atoms with E-state index in [1.165, 1.54) is 11.3 Å². The largest absolute Gasteiger partial charge is 0.383 e. The fraction of sp³-hybridized carbons (Fsp3) is 0.0455. The number of benzene rings is 2. The van der Waals surface area contributed by atoms with Crippen molar-refractivity contribution in [2.45, 2.75) is 6.10 Å². The predicted molar refractivity (Wildman–Crippen MR) is 114 cm³/mol. The zero-order chi connectivity index (χ0) is 18.8. The second kappa shape index (κ2) is 7.83. The lowest BCUT2D eigenvalue weighted by atomic mass is 9.92. The molecule has 0 aliphatic carbocycles. The number of nitrogens with zero attached hydrogens (tertiary/aromatic N) is 1. The van der Waals surface area contributed by atoms with Gasteiger partial charge in [-0.05, 0) is 52.9 Å². The molecule has 0 radical (unpaired) electrons. The molecule has 2 heterocycles. The van der Waals surface area contributed by atoms with E-state index in [1.807, 2.05) is 72.1 Å². The summed E-state index contributed by atoms with van der Waals surface area (Å²) in [5.74, 6) is 0. The molecule has 0 amide bonds. The zero-order valence-corrected chi connectivity index (χ0v) is 16.5. The molecule has 1 unspecified atom stereocenters. The summed E-state index contributed by atoms with van der Waals surface area (Å²) in [6.07, 6.45) is 0.943. The maximum atomic E-state index is 11.2. The Morgan fingerprint density at radius 2 is 1.56 bits per heavy atom. The Morgan fingerprint density at radius 3 is 2.22 bits per heavy atom. The first kappa shape index (κ1) is 18.2. The Labute approximate surface area is 171 Å². The van der Waals surface area contributed by atoms with Gasteiger partial charge in [0, 0.05) is 32.2 Å². The number of thiophene rings is 1. The first-order chi connectivity index (χ1) is 13.1. The van der Waals surface area contributed by atoms with Gasteiger partial charge in [0.15, 0.2) is 0 Å². The van der Waals surface area contributed by atoms with E-state index in [2.05, 4.69) is 4.98 Å². The molecule has 0 fully saturated rings. The molecule has 2 aromatic heterocycles. The minimum atomic E-state index is -0.804. The van der Waals surface area contributed by atoms with Crippen molar-refractivity contribution in [3.05, 3.63) is 98.8 Å². The van der Waals surface area contributed by atoms with Crippen LogP contribution in [0, 0.1) is 0 Å². The Bertz CT molecular complexity index is 1020. The molecule has 27 heavy (non-hydrogen) atoms. The summed E-state index contributed by atoms with van der Waals surface area (Å²) in [5, 5.41) is 14.4. The van der Waals surface area contributed by atoms with E-state index >= 15 is 0 Å². The minimum absolute atomic E-state index is 0.624. The maximum absolute atomic E-state index is 11.2. The number of hydrogen-bond acceptors (Lipinski definition) is 3. The monoisotopic (exact) mass is 411 g/mol. The quantitative estimate of drug-likeness (QED) is 0.397. The van der Waals surface area contributed by atoms with Crippen molar-refractivity contribution >= 4 is 34.5 Å². The second-order valence-electron chi connectivity index (χ2n) is 6.06. The molecule has 1 atom stereocenters. The van der Waals surface area contributed by atoms with E-state index < -0.39 is 6.10 Å². The third-order valence-electron chi connectivity index (χ3n) is 4.31. The highest BCUT2D eigenvalue weighted by Crippen LogP contribution is 2.39. The zero-order valence-electron chi connectivity index (χ0n) is 14.1. The Hall–Kier alpha value is -2.17. The molecule has 2 nitrogen and oxygen atoms in total. The molecule has 1 N–H and O–H groups in total. The summed E-state index contributed by atoms with van der Waals surface area (Å²) in [5.41, 5.74) is 4.12. The molecule has 134 valence electrons. The van der Waals surface area contributed by atoms with Crippen LogP contribution >= 0.6 is 34.5 Å². The standard InChI is InChI=1S/C22H15Cl2NOS/c23-16-6-1-4-14(12-16)18-9-10-25-21(15-5-2-7-17(24)13-15)20(18)22(26)19-8-3-11-27-19/h1-13,22,26H. The number of rotatable bonds is 4. The highest BCUT2D eigenvalue weighted by Gasteiger charge is 2.22. The number of hydrogen-bond donors (Lipinski definition) is 1. The lowest BCUT2D eigenvalue weighted by Crippen LogP contribution is -2.04. The van der Waals surface area contributed by atoms with Gasteiger partial charge in [0.1, 0.15) is 6.10 Å². The lowest BCUT2D eigenvalue weighted by Gasteiger charge is -2.19. The summed E-state index contributed by atoms with van der Waals surface area (Å²) in [6, 6.07) is 20.9. The van der Waals surface area contributed by atoms with Crippen molar-refractivity contribution in [1.29, 1.82) is 0 Å². The van der Waals surface area contributed by atoms with Gasteiger partial charge in [-0.2, -0.15) is 0 Å². The Morgan fingerprint density at radius 1 is 0.852 bits per heavy atom. The van der Waals surface area contributed by atoms with Gasteiger partial charge in [0.05, 0.1) is 5.69 Å². The van der Waals surface area contributed by atoms with Crippen LogP contribution in [0.1, 0.15) is 16.5 Å². The van der Waals surface area contributed by atoms with Crippen LogP contribution in [0.3, 0.4) is 0 Å². The molecule has 0 spiro atoms. The van der Waals surface area contributed by atoms with Crippen LogP contribution in [0.5, 0.6) is 0 Å². The van der Waals surface area contributed by atoms with Crippen LogP contribution in [0.15, 0.2) is 78.3 Å². The van der Waals surface area contributed by atoms with Crippen molar-refractivity contribution in [3.63, 3.8) is 0 Å². The molecule has 5 heteroatoms. The van der Waals surface area contributed by atoms with Crippen LogP contribution in [-0.4, -0.2) is 10.1 Å². The van der Waals surface area contributed by atoms with Gasteiger partial charge in [0.2, 0.25) is 0 Å². The predicted octanol–water partition coefficient (Wildman–Crippen LogP) is 6.87. The normalized spacial score (nSPS) is 12.1. The molecular weight excluding hydrogens is 397 g/mol. The fourth-order valence-corrected chi connectivity index (χ4v) is 4.21. The van der Waals surface area contributed by atoms with E-state index in [-0.39, 0.29) is 0 Å². The van der Waals surface area contributed by atoms with E-state index in [1.54, 1.807) is 6.20 Å². The van der Waals surface area contributed by atoms with Crippen molar-refractivity contribution < 1.29 is 5.11 Å². The third kappa shape index (κ3) is 3.78. The van der Waals surface area contributed by atoms with Gasteiger partial charge in [-0.25, -0.2) is 0 Å². The molecule has 0 bridgehead atoms. The van der Waals surface area contributed by atoms with Crippen LogP contribution in [-0.2, 0) is 0 Å². The summed E-state index contributed by atoms with van der Waals surface area (Å²) in [6.45, 7) is 0.